The van der Waals surface area contributed by atoms with Gasteiger partial charge in [-0.3, -0.25) is 14.4 Å². The predicted octanol–water partition coefficient (Wildman–Crippen LogP) is 22.8. The smallest absolute Gasteiger partial charge is 0.306 e. The van der Waals surface area contributed by atoms with Crippen LogP contribution < -0.4 is 0 Å². The molecule has 0 saturated heterocycles. The fourth-order valence-corrected chi connectivity index (χ4v) is 10.0. The van der Waals surface area contributed by atoms with Crippen molar-refractivity contribution in [3.8, 4) is 0 Å². The molecule has 1 atom stereocenters. The van der Waals surface area contributed by atoms with Crippen LogP contribution in [0, 0.1) is 0 Å². The molecule has 6 nitrogen and oxygen atoms in total. The fourth-order valence-electron chi connectivity index (χ4n) is 10.0. The third kappa shape index (κ3) is 62.4. The molecule has 0 saturated carbocycles. The normalized spacial score (nSPS) is 12.2. The zero-order valence-corrected chi connectivity index (χ0v) is 50.6. The van der Waals surface area contributed by atoms with E-state index in [4.69, 9.17) is 14.2 Å². The Labute approximate surface area is 467 Å². The second kappa shape index (κ2) is 64.2. The zero-order chi connectivity index (χ0) is 54.3. The lowest BCUT2D eigenvalue weighted by Gasteiger charge is -2.18. The van der Waals surface area contributed by atoms with Gasteiger partial charge >= 0.3 is 17.9 Å². The van der Waals surface area contributed by atoms with E-state index in [1.807, 2.05) is 0 Å². The topological polar surface area (TPSA) is 78.9 Å². The van der Waals surface area contributed by atoms with E-state index in [9.17, 15) is 14.4 Å². The van der Waals surface area contributed by atoms with E-state index >= 15 is 0 Å². The molecule has 1 unspecified atom stereocenters. The average Bonchev–Trinajstić information content (AvgIpc) is 3.41. The summed E-state index contributed by atoms with van der Waals surface area (Å²) in [5.41, 5.74) is 0. The Balaban J connectivity index is 4.32. The van der Waals surface area contributed by atoms with Crippen molar-refractivity contribution in [3.05, 3.63) is 36.5 Å². The molecular weight excluding hydrogens is 925 g/mol. The third-order valence-corrected chi connectivity index (χ3v) is 15.1. The van der Waals surface area contributed by atoms with Crippen LogP contribution in [0.5, 0.6) is 0 Å². The Morgan fingerprint density at radius 2 is 0.440 bits per heavy atom. The summed E-state index contributed by atoms with van der Waals surface area (Å²) in [6.07, 6.45) is 78.7. The standard InChI is InChI=1S/C69H128O6/c1-4-7-10-13-16-19-22-25-28-30-32-34-36-38-41-44-47-50-53-56-59-62-68(71)74-65-66(64-73-67(70)61-58-55-52-49-46-43-40-27-24-21-18-15-12-9-6-3)75-69(72)63-60-57-54-51-48-45-42-39-37-35-33-31-29-26-23-20-17-14-11-8-5-2/h27,30-33,40,66H,4-26,28-29,34-39,41-65H2,1-3H3/b32-30-,33-31-,40-27-. The minimum atomic E-state index is -0.777. The van der Waals surface area contributed by atoms with E-state index < -0.39 is 6.10 Å². The molecular formula is C69H128O6. The van der Waals surface area contributed by atoms with Crippen LogP contribution in [0.15, 0.2) is 36.5 Å². The summed E-state index contributed by atoms with van der Waals surface area (Å²) in [5, 5.41) is 0. The molecule has 0 aliphatic rings. The number of carbonyl (C=O) groups excluding carboxylic acids is 3. The first-order valence-electron chi connectivity index (χ1n) is 33.5. The predicted molar refractivity (Wildman–Crippen MR) is 326 cm³/mol. The molecule has 0 rings (SSSR count). The molecule has 0 aromatic rings. The number of unbranched alkanes of at least 4 members (excludes halogenated alkanes) is 45. The van der Waals surface area contributed by atoms with Gasteiger partial charge in [0, 0.05) is 19.3 Å². The lowest BCUT2D eigenvalue weighted by Crippen LogP contribution is -2.30. The molecule has 0 aliphatic carbocycles. The summed E-state index contributed by atoms with van der Waals surface area (Å²) in [6, 6.07) is 0. The van der Waals surface area contributed by atoms with Crippen LogP contribution in [0.3, 0.4) is 0 Å². The molecule has 0 N–H and O–H groups in total. The highest BCUT2D eigenvalue weighted by molar-refractivity contribution is 5.71. The van der Waals surface area contributed by atoms with Crippen LogP contribution in [0.25, 0.3) is 0 Å². The van der Waals surface area contributed by atoms with Crippen LogP contribution in [0.4, 0.5) is 0 Å². The monoisotopic (exact) mass is 1050 g/mol. The van der Waals surface area contributed by atoms with Gasteiger partial charge in [0.15, 0.2) is 6.10 Å². The first kappa shape index (κ1) is 72.6. The highest BCUT2D eigenvalue weighted by Crippen LogP contribution is 2.17. The lowest BCUT2D eigenvalue weighted by atomic mass is 10.1. The van der Waals surface area contributed by atoms with Gasteiger partial charge in [-0.15, -0.1) is 0 Å². The largest absolute Gasteiger partial charge is 0.462 e. The SMILES string of the molecule is CCCCCCCC/C=C\CCCCCCCC(=O)OCC(COC(=O)CCCCCCCCCCC/C=C\CCCCCCCCCC)OC(=O)CCCCCCCCCCC/C=C\CCCCCCCCCC. The van der Waals surface area contributed by atoms with E-state index in [1.54, 1.807) is 0 Å². The van der Waals surface area contributed by atoms with Gasteiger partial charge in [0.2, 0.25) is 0 Å². The summed E-state index contributed by atoms with van der Waals surface area (Å²) in [7, 11) is 0. The molecule has 6 heteroatoms. The third-order valence-electron chi connectivity index (χ3n) is 15.1. The number of esters is 3. The number of rotatable bonds is 62. The molecule has 0 aromatic heterocycles. The van der Waals surface area contributed by atoms with Crippen molar-refractivity contribution in [2.45, 2.75) is 374 Å². The second-order valence-electron chi connectivity index (χ2n) is 22.7. The molecule has 0 bridgehead atoms. The van der Waals surface area contributed by atoms with Gasteiger partial charge in [0.1, 0.15) is 13.2 Å². The highest BCUT2D eigenvalue weighted by Gasteiger charge is 2.19. The van der Waals surface area contributed by atoms with Crippen molar-refractivity contribution < 1.29 is 28.6 Å². The summed E-state index contributed by atoms with van der Waals surface area (Å²) in [4.78, 5) is 38.4. The number of carbonyl (C=O) groups is 3. The summed E-state index contributed by atoms with van der Waals surface area (Å²) >= 11 is 0. The maximum Gasteiger partial charge on any atom is 0.306 e. The maximum absolute atomic E-state index is 12.9. The lowest BCUT2D eigenvalue weighted by molar-refractivity contribution is -0.167. The Morgan fingerprint density at radius 1 is 0.253 bits per heavy atom. The quantitative estimate of drug-likeness (QED) is 0.0261. The van der Waals surface area contributed by atoms with Gasteiger partial charge in [0.25, 0.3) is 0 Å². The first-order valence-corrected chi connectivity index (χ1v) is 33.5. The van der Waals surface area contributed by atoms with E-state index in [1.165, 1.54) is 263 Å². The van der Waals surface area contributed by atoms with Crippen LogP contribution in [0.2, 0.25) is 0 Å². The first-order chi connectivity index (χ1) is 37.0. The van der Waals surface area contributed by atoms with Gasteiger partial charge in [-0.1, -0.05) is 288 Å². The molecule has 0 spiro atoms. The number of hydrogen-bond acceptors (Lipinski definition) is 6. The van der Waals surface area contributed by atoms with Crippen LogP contribution in [-0.2, 0) is 28.6 Å². The highest BCUT2D eigenvalue weighted by atomic mass is 16.6. The molecule has 0 radical (unpaired) electrons. The molecule has 0 amide bonds. The van der Waals surface area contributed by atoms with Gasteiger partial charge in [-0.25, -0.2) is 0 Å². The van der Waals surface area contributed by atoms with Crippen LogP contribution in [-0.4, -0.2) is 37.2 Å². The Kier molecular flexibility index (Phi) is 62.1. The van der Waals surface area contributed by atoms with E-state index in [0.29, 0.717) is 19.3 Å². The molecule has 75 heavy (non-hydrogen) atoms. The number of allylic oxidation sites excluding steroid dienone is 6. The molecule has 0 fully saturated rings. The minimum Gasteiger partial charge on any atom is -0.462 e. The molecule has 0 heterocycles. The molecule has 0 aliphatic heterocycles. The van der Waals surface area contributed by atoms with Crippen LogP contribution >= 0.6 is 0 Å². The van der Waals surface area contributed by atoms with E-state index in [-0.39, 0.29) is 31.1 Å². The van der Waals surface area contributed by atoms with Crippen molar-refractivity contribution in [1.29, 1.82) is 0 Å². The van der Waals surface area contributed by atoms with Gasteiger partial charge in [-0.2, -0.15) is 0 Å². The van der Waals surface area contributed by atoms with Gasteiger partial charge in [0.05, 0.1) is 0 Å². The summed E-state index contributed by atoms with van der Waals surface area (Å²) < 4.78 is 17.0. The Morgan fingerprint density at radius 3 is 0.667 bits per heavy atom. The Hall–Kier alpha value is -2.37. The summed E-state index contributed by atoms with van der Waals surface area (Å²) in [5.74, 6) is -0.862. The second-order valence-corrected chi connectivity index (χ2v) is 22.7. The molecule has 440 valence electrons. The van der Waals surface area contributed by atoms with Crippen molar-refractivity contribution in [2.75, 3.05) is 13.2 Å². The number of ether oxygens (including phenoxy) is 3. The number of hydrogen-bond donors (Lipinski definition) is 0. The van der Waals surface area contributed by atoms with E-state index in [0.717, 1.165) is 64.2 Å². The average molecular weight is 1050 g/mol. The van der Waals surface area contributed by atoms with Crippen molar-refractivity contribution in [3.63, 3.8) is 0 Å². The zero-order valence-electron chi connectivity index (χ0n) is 50.6. The van der Waals surface area contributed by atoms with E-state index in [2.05, 4.69) is 57.2 Å². The minimum absolute atomic E-state index is 0.0735. The van der Waals surface area contributed by atoms with Crippen molar-refractivity contribution >= 4 is 17.9 Å². The Bertz CT molecular complexity index is 1250. The van der Waals surface area contributed by atoms with Crippen molar-refractivity contribution in [2.24, 2.45) is 0 Å². The molecule has 0 aromatic carbocycles. The maximum atomic E-state index is 12.9. The fraction of sp³-hybridized carbons (Fsp3) is 0.870. The van der Waals surface area contributed by atoms with Gasteiger partial charge in [-0.05, 0) is 96.3 Å². The van der Waals surface area contributed by atoms with Gasteiger partial charge < -0.3 is 14.2 Å². The van der Waals surface area contributed by atoms with Crippen molar-refractivity contribution in [1.82, 2.24) is 0 Å². The summed E-state index contributed by atoms with van der Waals surface area (Å²) in [6.45, 7) is 6.69. The van der Waals surface area contributed by atoms with Crippen LogP contribution in [0.1, 0.15) is 367 Å².